The minimum absolute atomic E-state index is 0.0366. The van der Waals surface area contributed by atoms with Crippen LogP contribution in [0, 0.1) is 6.92 Å². The molecule has 1 aromatic rings. The van der Waals surface area contributed by atoms with E-state index in [1.165, 1.54) is 0 Å². The Labute approximate surface area is 113 Å². The fourth-order valence-corrected chi connectivity index (χ4v) is 1.79. The minimum Gasteiger partial charge on any atom is -0.389 e. The summed E-state index contributed by atoms with van der Waals surface area (Å²) in [6, 6.07) is 5.84. The Kier molecular flexibility index (Phi) is 5.58. The lowest BCUT2D eigenvalue weighted by Gasteiger charge is -2.12. The average molecular weight is 265 g/mol. The van der Waals surface area contributed by atoms with E-state index in [4.69, 9.17) is 18.0 Å². The number of hydrogen-bond donors (Lipinski definition) is 3. The number of nitrogens with two attached hydrogens (primary N) is 1. The molecule has 0 atom stereocenters. The molecule has 0 fully saturated rings. The third-order valence-electron chi connectivity index (χ3n) is 2.48. The van der Waals surface area contributed by atoms with Gasteiger partial charge in [0, 0.05) is 30.8 Å². The predicted molar refractivity (Wildman–Crippen MR) is 78.9 cm³/mol. The van der Waals surface area contributed by atoms with Crippen LogP contribution < -0.4 is 16.4 Å². The predicted octanol–water partition coefficient (Wildman–Crippen LogP) is 1.57. The van der Waals surface area contributed by atoms with E-state index in [1.807, 2.05) is 32.0 Å². The van der Waals surface area contributed by atoms with Gasteiger partial charge < -0.3 is 16.4 Å². The third-order valence-corrected chi connectivity index (χ3v) is 2.70. The number of nitrogens with one attached hydrogen (secondary N) is 2. The first-order chi connectivity index (χ1) is 8.54. The molecule has 0 aromatic heterocycles. The molecule has 0 aliphatic rings. The lowest BCUT2D eigenvalue weighted by Crippen LogP contribution is -2.25. The summed E-state index contributed by atoms with van der Waals surface area (Å²) in [6.07, 6.45) is 0.429. The van der Waals surface area contributed by atoms with Gasteiger partial charge in [0.15, 0.2) is 0 Å². The van der Waals surface area contributed by atoms with E-state index >= 15 is 0 Å². The summed E-state index contributed by atoms with van der Waals surface area (Å²) in [7, 11) is 0. The van der Waals surface area contributed by atoms with Crippen molar-refractivity contribution in [2.24, 2.45) is 5.73 Å². The standard InChI is InChI=1S/C13H19N3OS/c1-3-15-12(17)6-7-16-11-8-9(2)4-5-10(11)13(14)18/h4-5,8,16H,3,6-7H2,1-2H3,(H2,14,18)(H,15,17). The van der Waals surface area contributed by atoms with E-state index in [1.54, 1.807) is 0 Å². The maximum atomic E-state index is 11.3. The maximum Gasteiger partial charge on any atom is 0.221 e. The summed E-state index contributed by atoms with van der Waals surface area (Å²) >= 11 is 4.99. The van der Waals surface area contributed by atoms with Crippen LogP contribution in [0.1, 0.15) is 24.5 Å². The zero-order valence-electron chi connectivity index (χ0n) is 10.7. The van der Waals surface area contributed by atoms with Crippen LogP contribution in [0.5, 0.6) is 0 Å². The SMILES string of the molecule is CCNC(=O)CCNc1cc(C)ccc1C(N)=S. The Morgan fingerprint density at radius 2 is 2.17 bits per heavy atom. The van der Waals surface area contributed by atoms with E-state index in [0.29, 0.717) is 24.5 Å². The number of aryl methyl sites for hydroxylation is 1. The Morgan fingerprint density at radius 1 is 1.44 bits per heavy atom. The molecule has 0 aliphatic carbocycles. The van der Waals surface area contributed by atoms with Gasteiger partial charge in [0.05, 0.1) is 0 Å². The molecule has 98 valence electrons. The summed E-state index contributed by atoms with van der Waals surface area (Å²) in [5.74, 6) is 0.0366. The van der Waals surface area contributed by atoms with Crippen molar-refractivity contribution in [2.45, 2.75) is 20.3 Å². The van der Waals surface area contributed by atoms with Crippen molar-refractivity contribution in [1.29, 1.82) is 0 Å². The quantitative estimate of drug-likeness (QED) is 0.683. The topological polar surface area (TPSA) is 67.2 Å². The third kappa shape index (κ3) is 4.33. The molecule has 18 heavy (non-hydrogen) atoms. The fourth-order valence-electron chi connectivity index (χ4n) is 1.62. The first kappa shape index (κ1) is 14.4. The molecule has 0 saturated carbocycles. The number of thiocarbonyl (C=S) groups is 1. The van der Waals surface area contributed by atoms with Crippen LogP contribution in [0.3, 0.4) is 0 Å². The Bertz CT molecular complexity index is 446. The first-order valence-corrected chi connectivity index (χ1v) is 6.36. The van der Waals surface area contributed by atoms with E-state index in [-0.39, 0.29) is 5.91 Å². The summed E-state index contributed by atoms with van der Waals surface area (Å²) in [4.78, 5) is 11.7. The summed E-state index contributed by atoms with van der Waals surface area (Å²) in [5.41, 5.74) is 8.47. The highest BCUT2D eigenvalue weighted by Crippen LogP contribution is 2.17. The number of carbonyl (C=O) groups excluding carboxylic acids is 1. The molecule has 1 rings (SSSR count). The summed E-state index contributed by atoms with van der Waals surface area (Å²) in [5, 5.41) is 5.95. The number of rotatable bonds is 6. The van der Waals surface area contributed by atoms with Gasteiger partial charge >= 0.3 is 0 Å². The van der Waals surface area contributed by atoms with Gasteiger partial charge in [-0.15, -0.1) is 0 Å². The number of carbonyl (C=O) groups is 1. The number of hydrogen-bond acceptors (Lipinski definition) is 3. The fraction of sp³-hybridized carbons (Fsp3) is 0.385. The van der Waals surface area contributed by atoms with Gasteiger partial charge in [-0.3, -0.25) is 4.79 Å². The van der Waals surface area contributed by atoms with Gasteiger partial charge in [0.25, 0.3) is 0 Å². The zero-order chi connectivity index (χ0) is 13.5. The highest BCUT2D eigenvalue weighted by atomic mass is 32.1. The van der Waals surface area contributed by atoms with E-state index in [9.17, 15) is 4.79 Å². The molecule has 5 heteroatoms. The smallest absolute Gasteiger partial charge is 0.221 e. The van der Waals surface area contributed by atoms with Crippen LogP contribution in [0.15, 0.2) is 18.2 Å². The molecule has 0 saturated heterocycles. The second kappa shape index (κ2) is 6.96. The molecule has 0 aliphatic heterocycles. The number of anilines is 1. The van der Waals surface area contributed by atoms with Gasteiger partial charge in [0.2, 0.25) is 5.91 Å². The molecule has 0 heterocycles. The van der Waals surface area contributed by atoms with Crippen LogP contribution in [-0.2, 0) is 4.79 Å². The maximum absolute atomic E-state index is 11.3. The first-order valence-electron chi connectivity index (χ1n) is 5.95. The molecule has 0 unspecified atom stereocenters. The van der Waals surface area contributed by atoms with Crippen molar-refractivity contribution < 1.29 is 4.79 Å². The Hall–Kier alpha value is -1.62. The van der Waals surface area contributed by atoms with Gasteiger partial charge in [-0.25, -0.2) is 0 Å². The summed E-state index contributed by atoms with van der Waals surface area (Å²) < 4.78 is 0. The normalized spacial score (nSPS) is 9.89. The lowest BCUT2D eigenvalue weighted by atomic mass is 10.1. The van der Waals surface area contributed by atoms with Crippen LogP contribution in [0.2, 0.25) is 0 Å². The molecular formula is C13H19N3OS. The highest BCUT2D eigenvalue weighted by Gasteiger charge is 2.06. The second-order valence-corrected chi connectivity index (χ2v) is 4.48. The van der Waals surface area contributed by atoms with Gasteiger partial charge in [0.1, 0.15) is 4.99 Å². The molecule has 1 aromatic carbocycles. The van der Waals surface area contributed by atoms with Gasteiger partial charge in [-0.2, -0.15) is 0 Å². The van der Waals surface area contributed by atoms with Crippen molar-refractivity contribution in [2.75, 3.05) is 18.4 Å². The number of benzene rings is 1. The highest BCUT2D eigenvalue weighted by molar-refractivity contribution is 7.80. The van der Waals surface area contributed by atoms with E-state index in [0.717, 1.165) is 16.8 Å². The molecule has 4 N–H and O–H groups in total. The van der Waals surface area contributed by atoms with E-state index in [2.05, 4.69) is 10.6 Å². The summed E-state index contributed by atoms with van der Waals surface area (Å²) in [6.45, 7) is 5.11. The monoisotopic (exact) mass is 265 g/mol. The van der Waals surface area contributed by atoms with Gasteiger partial charge in [-0.1, -0.05) is 18.3 Å². The molecule has 1 amide bonds. The molecular weight excluding hydrogens is 246 g/mol. The molecule has 0 radical (unpaired) electrons. The largest absolute Gasteiger partial charge is 0.389 e. The molecule has 4 nitrogen and oxygen atoms in total. The van der Waals surface area contributed by atoms with Gasteiger partial charge in [-0.05, 0) is 31.5 Å². The average Bonchev–Trinajstić information content (AvgIpc) is 2.29. The Morgan fingerprint density at radius 3 is 2.78 bits per heavy atom. The van der Waals surface area contributed by atoms with Crippen molar-refractivity contribution >= 4 is 28.8 Å². The van der Waals surface area contributed by atoms with Crippen LogP contribution >= 0.6 is 12.2 Å². The van der Waals surface area contributed by atoms with Crippen molar-refractivity contribution in [3.63, 3.8) is 0 Å². The Balaban J connectivity index is 2.63. The zero-order valence-corrected chi connectivity index (χ0v) is 11.6. The molecule has 0 spiro atoms. The van der Waals surface area contributed by atoms with Crippen LogP contribution in [0.4, 0.5) is 5.69 Å². The second-order valence-electron chi connectivity index (χ2n) is 4.04. The minimum atomic E-state index is 0.0366. The van der Waals surface area contributed by atoms with Crippen LogP contribution in [0.25, 0.3) is 0 Å². The van der Waals surface area contributed by atoms with Crippen molar-refractivity contribution in [1.82, 2.24) is 5.32 Å². The van der Waals surface area contributed by atoms with Crippen LogP contribution in [-0.4, -0.2) is 24.0 Å². The van der Waals surface area contributed by atoms with Crippen molar-refractivity contribution in [3.8, 4) is 0 Å². The molecule has 0 bridgehead atoms. The van der Waals surface area contributed by atoms with E-state index < -0.39 is 0 Å². The lowest BCUT2D eigenvalue weighted by molar-refractivity contribution is -0.120. The number of amides is 1. The van der Waals surface area contributed by atoms with Crippen molar-refractivity contribution in [3.05, 3.63) is 29.3 Å².